The Balaban J connectivity index is 1.79. The molecule has 2 aromatic carbocycles. The Labute approximate surface area is 124 Å². The molecular formula is C15H11N5S. The fourth-order valence-electron chi connectivity index (χ4n) is 2.24. The van der Waals surface area contributed by atoms with Crippen molar-refractivity contribution >= 4 is 49.6 Å². The molecule has 0 spiro atoms. The molecule has 0 fully saturated rings. The molecular weight excluding hydrogens is 282 g/mol. The fourth-order valence-corrected chi connectivity index (χ4v) is 2.96. The van der Waals surface area contributed by atoms with E-state index in [1.807, 2.05) is 35.8 Å². The van der Waals surface area contributed by atoms with Gasteiger partial charge in [0.05, 0.1) is 21.2 Å². The number of hydrogen-bond acceptors (Lipinski definition) is 6. The minimum absolute atomic E-state index is 0.693. The van der Waals surface area contributed by atoms with Crippen LogP contribution in [-0.4, -0.2) is 15.0 Å². The van der Waals surface area contributed by atoms with Gasteiger partial charge < -0.3 is 11.1 Å². The van der Waals surface area contributed by atoms with Gasteiger partial charge in [0.15, 0.2) is 0 Å². The zero-order valence-corrected chi connectivity index (χ0v) is 11.8. The van der Waals surface area contributed by atoms with Gasteiger partial charge in [0.25, 0.3) is 0 Å². The first-order valence-electron chi connectivity index (χ1n) is 6.40. The zero-order chi connectivity index (χ0) is 14.2. The predicted octanol–water partition coefficient (Wildman–Crippen LogP) is 3.57. The molecule has 0 aliphatic rings. The Hall–Kier alpha value is -2.73. The lowest BCUT2D eigenvalue weighted by molar-refractivity contribution is 1.22. The van der Waals surface area contributed by atoms with Gasteiger partial charge in [-0.2, -0.15) is 0 Å². The van der Waals surface area contributed by atoms with Gasteiger partial charge in [0, 0.05) is 16.8 Å². The van der Waals surface area contributed by atoms with E-state index >= 15 is 0 Å². The van der Waals surface area contributed by atoms with E-state index in [1.54, 1.807) is 11.3 Å². The molecule has 0 aliphatic heterocycles. The summed E-state index contributed by atoms with van der Waals surface area (Å²) in [6.07, 6.45) is 1.54. The smallest absolute Gasteiger partial charge is 0.141 e. The number of rotatable bonds is 2. The number of nitrogen functional groups attached to an aromatic ring is 1. The fraction of sp³-hybridized carbons (Fsp3) is 0. The standard InChI is InChI=1S/C15H11N5S/c16-9-1-3-11-13(5-9)17-7-18-15(11)20-10-2-4-12-14(6-10)21-8-19-12/h1-8H,16H2,(H,17,18,20). The predicted molar refractivity (Wildman–Crippen MR) is 86.9 cm³/mol. The summed E-state index contributed by atoms with van der Waals surface area (Å²) in [4.78, 5) is 12.8. The number of aromatic nitrogens is 3. The second-order valence-corrected chi connectivity index (χ2v) is 5.55. The summed E-state index contributed by atoms with van der Waals surface area (Å²) >= 11 is 1.62. The first kappa shape index (κ1) is 12.0. The highest BCUT2D eigenvalue weighted by Crippen LogP contribution is 2.27. The molecule has 21 heavy (non-hydrogen) atoms. The minimum atomic E-state index is 0.693. The van der Waals surface area contributed by atoms with Crippen molar-refractivity contribution in [1.29, 1.82) is 0 Å². The van der Waals surface area contributed by atoms with Crippen LogP contribution in [0.1, 0.15) is 0 Å². The van der Waals surface area contributed by atoms with E-state index in [9.17, 15) is 0 Å². The number of nitrogens with one attached hydrogen (secondary N) is 1. The highest BCUT2D eigenvalue weighted by atomic mass is 32.1. The molecule has 5 nitrogen and oxygen atoms in total. The van der Waals surface area contributed by atoms with E-state index in [-0.39, 0.29) is 0 Å². The monoisotopic (exact) mass is 293 g/mol. The van der Waals surface area contributed by atoms with E-state index in [1.165, 1.54) is 6.33 Å². The van der Waals surface area contributed by atoms with E-state index < -0.39 is 0 Å². The molecule has 0 bridgehead atoms. The topological polar surface area (TPSA) is 76.7 Å². The van der Waals surface area contributed by atoms with Crippen LogP contribution in [0.25, 0.3) is 21.1 Å². The third kappa shape index (κ3) is 2.15. The van der Waals surface area contributed by atoms with Gasteiger partial charge in [-0.05, 0) is 36.4 Å². The molecule has 6 heteroatoms. The molecule has 4 rings (SSSR count). The van der Waals surface area contributed by atoms with Crippen molar-refractivity contribution in [3.8, 4) is 0 Å². The second kappa shape index (κ2) is 4.68. The maximum atomic E-state index is 5.79. The van der Waals surface area contributed by atoms with Crippen LogP contribution in [0.4, 0.5) is 17.2 Å². The molecule has 0 aliphatic carbocycles. The van der Waals surface area contributed by atoms with Crippen LogP contribution in [0, 0.1) is 0 Å². The van der Waals surface area contributed by atoms with Crippen LogP contribution in [0.5, 0.6) is 0 Å². The van der Waals surface area contributed by atoms with Crippen molar-refractivity contribution in [2.24, 2.45) is 0 Å². The lowest BCUT2D eigenvalue weighted by atomic mass is 10.2. The number of benzene rings is 2. The number of hydrogen-bond donors (Lipinski definition) is 2. The summed E-state index contributed by atoms with van der Waals surface area (Å²) in [7, 11) is 0. The van der Waals surface area contributed by atoms with Gasteiger partial charge in [-0.3, -0.25) is 0 Å². The summed E-state index contributed by atoms with van der Waals surface area (Å²) < 4.78 is 1.14. The lowest BCUT2D eigenvalue weighted by Gasteiger charge is -2.08. The minimum Gasteiger partial charge on any atom is -0.399 e. The van der Waals surface area contributed by atoms with Gasteiger partial charge in [0.1, 0.15) is 12.1 Å². The van der Waals surface area contributed by atoms with Gasteiger partial charge in [-0.1, -0.05) is 0 Å². The van der Waals surface area contributed by atoms with E-state index in [0.29, 0.717) is 5.69 Å². The van der Waals surface area contributed by atoms with Crippen LogP contribution < -0.4 is 11.1 Å². The normalized spacial score (nSPS) is 11.0. The SMILES string of the molecule is Nc1ccc2c(Nc3ccc4ncsc4c3)ncnc2c1. The van der Waals surface area contributed by atoms with Crippen LogP contribution in [0.2, 0.25) is 0 Å². The third-order valence-corrected chi connectivity index (χ3v) is 4.05. The molecule has 2 heterocycles. The average molecular weight is 293 g/mol. The van der Waals surface area contributed by atoms with Crippen molar-refractivity contribution < 1.29 is 0 Å². The van der Waals surface area contributed by atoms with Crippen molar-refractivity contribution in [2.75, 3.05) is 11.1 Å². The number of fused-ring (bicyclic) bond motifs is 2. The molecule has 4 aromatic rings. The summed E-state index contributed by atoms with van der Waals surface area (Å²) in [5, 5.41) is 4.28. The van der Waals surface area contributed by atoms with Crippen LogP contribution in [0.3, 0.4) is 0 Å². The highest BCUT2D eigenvalue weighted by Gasteiger charge is 2.05. The molecule has 0 saturated carbocycles. The van der Waals surface area contributed by atoms with Crippen molar-refractivity contribution in [1.82, 2.24) is 15.0 Å². The van der Waals surface area contributed by atoms with Gasteiger partial charge >= 0.3 is 0 Å². The Morgan fingerprint density at radius 1 is 0.952 bits per heavy atom. The van der Waals surface area contributed by atoms with Crippen molar-refractivity contribution in [3.63, 3.8) is 0 Å². The molecule has 3 N–H and O–H groups in total. The molecule has 0 atom stereocenters. The molecule has 2 aromatic heterocycles. The average Bonchev–Trinajstić information content (AvgIpc) is 2.95. The Morgan fingerprint density at radius 2 is 1.90 bits per heavy atom. The van der Waals surface area contributed by atoms with Crippen molar-refractivity contribution in [2.45, 2.75) is 0 Å². The maximum absolute atomic E-state index is 5.79. The van der Waals surface area contributed by atoms with E-state index in [4.69, 9.17) is 5.73 Å². The maximum Gasteiger partial charge on any atom is 0.141 e. The third-order valence-electron chi connectivity index (χ3n) is 3.25. The Kier molecular flexibility index (Phi) is 2.68. The summed E-state index contributed by atoms with van der Waals surface area (Å²) in [6, 6.07) is 11.7. The number of thiazole rings is 1. The number of anilines is 3. The van der Waals surface area contributed by atoms with E-state index in [0.717, 1.165) is 32.6 Å². The van der Waals surface area contributed by atoms with Crippen LogP contribution >= 0.6 is 11.3 Å². The van der Waals surface area contributed by atoms with Gasteiger partial charge in [-0.25, -0.2) is 15.0 Å². The zero-order valence-electron chi connectivity index (χ0n) is 10.9. The highest BCUT2D eigenvalue weighted by molar-refractivity contribution is 7.16. The number of nitrogens with two attached hydrogens (primary N) is 1. The van der Waals surface area contributed by atoms with Gasteiger partial charge in [0.2, 0.25) is 0 Å². The molecule has 102 valence electrons. The van der Waals surface area contributed by atoms with E-state index in [2.05, 4.69) is 26.3 Å². The molecule has 0 unspecified atom stereocenters. The van der Waals surface area contributed by atoms with Crippen LogP contribution in [-0.2, 0) is 0 Å². The summed E-state index contributed by atoms with van der Waals surface area (Å²) in [5.74, 6) is 0.767. The number of nitrogens with zero attached hydrogens (tertiary/aromatic N) is 3. The first-order valence-corrected chi connectivity index (χ1v) is 7.28. The summed E-state index contributed by atoms with van der Waals surface area (Å²) in [5.41, 5.74) is 11.1. The Bertz CT molecular complexity index is 947. The molecule has 0 amide bonds. The first-order chi connectivity index (χ1) is 10.3. The van der Waals surface area contributed by atoms with Crippen molar-refractivity contribution in [3.05, 3.63) is 48.2 Å². The largest absolute Gasteiger partial charge is 0.399 e. The van der Waals surface area contributed by atoms with Crippen LogP contribution in [0.15, 0.2) is 48.2 Å². The second-order valence-electron chi connectivity index (χ2n) is 4.66. The molecule has 0 saturated heterocycles. The lowest BCUT2D eigenvalue weighted by Crippen LogP contribution is -1.96. The summed E-state index contributed by atoms with van der Waals surface area (Å²) in [6.45, 7) is 0. The molecule has 0 radical (unpaired) electrons. The quantitative estimate of drug-likeness (QED) is 0.552. The Morgan fingerprint density at radius 3 is 2.86 bits per heavy atom. The van der Waals surface area contributed by atoms with Gasteiger partial charge in [-0.15, -0.1) is 11.3 Å².